The lowest BCUT2D eigenvalue weighted by Crippen LogP contribution is -2.32. The number of hydrogen-bond donors (Lipinski definition) is 1. The molecule has 0 heterocycles. The Morgan fingerprint density at radius 3 is 2.12 bits per heavy atom. The molecule has 0 rings (SSSR count). The maximum absolute atomic E-state index is 11.7. The molecule has 0 aliphatic heterocycles. The van der Waals surface area contributed by atoms with Gasteiger partial charge in [0.2, 0.25) is 0 Å². The Bertz CT molecular complexity index is 311. The van der Waals surface area contributed by atoms with Crippen LogP contribution in [0, 0.1) is 5.41 Å². The molecule has 0 aromatic carbocycles. The van der Waals surface area contributed by atoms with E-state index in [-0.39, 0.29) is 12.4 Å². The van der Waals surface area contributed by atoms with E-state index in [0.29, 0.717) is 12.8 Å². The number of nitrogens with zero attached hydrogens (tertiary/aromatic N) is 2. The van der Waals surface area contributed by atoms with Crippen LogP contribution in [0.3, 0.4) is 0 Å². The summed E-state index contributed by atoms with van der Waals surface area (Å²) in [5.74, 6) is -0.103. The molecule has 0 saturated carbocycles. The highest BCUT2D eigenvalue weighted by Crippen LogP contribution is 2.27. The van der Waals surface area contributed by atoms with Gasteiger partial charge in [-0.3, -0.25) is 0 Å². The lowest BCUT2D eigenvalue weighted by molar-refractivity contribution is 0.136. The normalized spacial score (nSPS) is 13.3. The molecule has 0 amide bonds. The Labute approximate surface area is 98.2 Å². The molecule has 1 N–H and O–H groups in total. The van der Waals surface area contributed by atoms with E-state index in [9.17, 15) is 13.5 Å². The van der Waals surface area contributed by atoms with E-state index in [0.717, 1.165) is 0 Å². The predicted octanol–water partition coefficient (Wildman–Crippen LogP) is 0.705. The Balaban J connectivity index is 4.81. The molecule has 0 radical (unpaired) electrons. The topological polar surface area (TPSA) is 70.0 Å². The predicted molar refractivity (Wildman–Crippen MR) is 66.1 cm³/mol. The third-order valence-corrected chi connectivity index (χ3v) is 4.16. The molecule has 5 nitrogen and oxygen atoms in total. The fourth-order valence-corrected chi connectivity index (χ4v) is 2.99. The summed E-state index contributed by atoms with van der Waals surface area (Å²) in [6, 6.07) is 0. The van der Waals surface area contributed by atoms with E-state index in [1.807, 2.05) is 13.8 Å². The van der Waals surface area contributed by atoms with Crippen LogP contribution in [-0.2, 0) is 10.0 Å². The van der Waals surface area contributed by atoms with Crippen LogP contribution in [-0.4, -0.2) is 51.2 Å². The molecule has 0 aromatic rings. The Hall–Kier alpha value is -0.620. The van der Waals surface area contributed by atoms with Crippen LogP contribution in [0.5, 0.6) is 0 Å². The van der Waals surface area contributed by atoms with Crippen LogP contribution in [0.2, 0.25) is 0 Å². The first-order valence-electron chi connectivity index (χ1n) is 5.36. The van der Waals surface area contributed by atoms with Crippen LogP contribution in [0.1, 0.15) is 26.7 Å². The smallest absolute Gasteiger partial charge is 0.255 e. The van der Waals surface area contributed by atoms with Crippen LogP contribution in [0.25, 0.3) is 0 Å². The average molecular weight is 250 g/mol. The molecule has 0 unspecified atom stereocenters. The Morgan fingerprint density at radius 2 is 1.81 bits per heavy atom. The van der Waals surface area contributed by atoms with Gasteiger partial charge in [0.25, 0.3) is 10.0 Å². The molecule has 0 atom stereocenters. The lowest BCUT2D eigenvalue weighted by Gasteiger charge is -2.27. The Morgan fingerprint density at radius 1 is 1.31 bits per heavy atom. The standard InChI is InChI=1S/C10H22N2O3S/c1-5-10(6-2,7-13)8-16(14,15)11-9-12(3)4/h9,13H,5-8H2,1-4H3/b11-9+. The highest BCUT2D eigenvalue weighted by Gasteiger charge is 2.31. The van der Waals surface area contributed by atoms with Crippen molar-refractivity contribution in [3.05, 3.63) is 0 Å². The summed E-state index contributed by atoms with van der Waals surface area (Å²) in [6.45, 7) is 3.63. The molecule has 0 aliphatic carbocycles. The summed E-state index contributed by atoms with van der Waals surface area (Å²) in [6.07, 6.45) is 2.51. The van der Waals surface area contributed by atoms with Crippen molar-refractivity contribution >= 4 is 16.4 Å². The van der Waals surface area contributed by atoms with E-state index in [2.05, 4.69) is 4.40 Å². The van der Waals surface area contributed by atoms with Gasteiger partial charge in [-0.2, -0.15) is 4.40 Å². The molecule has 0 fully saturated rings. The third-order valence-electron chi connectivity index (χ3n) is 2.76. The molecule has 16 heavy (non-hydrogen) atoms. The molecule has 96 valence electrons. The SMILES string of the molecule is CCC(CC)(CO)CS(=O)(=O)/N=C/N(C)C. The minimum atomic E-state index is -3.50. The summed E-state index contributed by atoms with van der Waals surface area (Å²) < 4.78 is 26.9. The van der Waals surface area contributed by atoms with Crippen LogP contribution in [0.15, 0.2) is 4.40 Å². The lowest BCUT2D eigenvalue weighted by atomic mass is 9.86. The quantitative estimate of drug-likeness (QED) is 0.533. The zero-order chi connectivity index (χ0) is 12.8. The largest absolute Gasteiger partial charge is 0.396 e. The van der Waals surface area contributed by atoms with E-state index in [1.165, 1.54) is 6.34 Å². The second kappa shape index (κ2) is 6.20. The molecule has 0 saturated heterocycles. The van der Waals surface area contributed by atoms with Gasteiger partial charge in [-0.1, -0.05) is 13.8 Å². The highest BCUT2D eigenvalue weighted by molar-refractivity contribution is 7.90. The van der Waals surface area contributed by atoms with Crippen LogP contribution < -0.4 is 0 Å². The second-order valence-electron chi connectivity index (χ2n) is 4.28. The van der Waals surface area contributed by atoms with Gasteiger partial charge in [-0.25, -0.2) is 8.42 Å². The summed E-state index contributed by atoms with van der Waals surface area (Å²) in [4.78, 5) is 1.57. The maximum Gasteiger partial charge on any atom is 0.255 e. The third kappa shape index (κ3) is 4.94. The van der Waals surface area contributed by atoms with Gasteiger partial charge in [-0.05, 0) is 12.8 Å². The molecular formula is C10H22N2O3S. The van der Waals surface area contributed by atoms with Gasteiger partial charge in [0.1, 0.15) is 6.34 Å². The van der Waals surface area contributed by atoms with Gasteiger partial charge < -0.3 is 10.0 Å². The fraction of sp³-hybridized carbons (Fsp3) is 0.900. The summed E-state index contributed by atoms with van der Waals surface area (Å²) in [5.41, 5.74) is -0.567. The van der Waals surface area contributed by atoms with E-state index in [4.69, 9.17) is 0 Å². The summed E-state index contributed by atoms with van der Waals surface area (Å²) in [5, 5.41) is 9.29. The first kappa shape index (κ1) is 15.4. The van der Waals surface area contributed by atoms with Crippen molar-refractivity contribution < 1.29 is 13.5 Å². The fourth-order valence-electron chi connectivity index (χ4n) is 1.31. The molecular weight excluding hydrogens is 228 g/mol. The van der Waals surface area contributed by atoms with Crippen molar-refractivity contribution in [2.24, 2.45) is 9.81 Å². The summed E-state index contributed by atoms with van der Waals surface area (Å²) >= 11 is 0. The number of hydrogen-bond acceptors (Lipinski definition) is 3. The monoisotopic (exact) mass is 250 g/mol. The van der Waals surface area contributed by atoms with Crippen LogP contribution >= 0.6 is 0 Å². The molecule has 0 aromatic heterocycles. The zero-order valence-electron chi connectivity index (χ0n) is 10.5. The van der Waals surface area contributed by atoms with Gasteiger partial charge in [0.15, 0.2) is 0 Å². The molecule has 0 spiro atoms. The van der Waals surface area contributed by atoms with Gasteiger partial charge in [0.05, 0.1) is 5.75 Å². The van der Waals surface area contributed by atoms with E-state index in [1.54, 1.807) is 19.0 Å². The molecule has 6 heteroatoms. The summed E-state index contributed by atoms with van der Waals surface area (Å²) in [7, 11) is -0.0902. The van der Waals surface area contributed by atoms with Gasteiger partial charge >= 0.3 is 0 Å². The van der Waals surface area contributed by atoms with Crippen molar-refractivity contribution in [2.75, 3.05) is 26.5 Å². The van der Waals surface area contributed by atoms with Crippen molar-refractivity contribution in [2.45, 2.75) is 26.7 Å². The first-order chi connectivity index (χ1) is 7.31. The first-order valence-corrected chi connectivity index (χ1v) is 6.97. The van der Waals surface area contributed by atoms with Crippen molar-refractivity contribution in [3.63, 3.8) is 0 Å². The van der Waals surface area contributed by atoms with E-state index < -0.39 is 15.4 Å². The maximum atomic E-state index is 11.7. The zero-order valence-corrected chi connectivity index (χ0v) is 11.3. The Kier molecular flexibility index (Phi) is 5.96. The van der Waals surface area contributed by atoms with Crippen LogP contribution in [0.4, 0.5) is 0 Å². The average Bonchev–Trinajstić information content (AvgIpc) is 2.24. The van der Waals surface area contributed by atoms with E-state index >= 15 is 0 Å². The number of sulfonamides is 1. The second-order valence-corrected chi connectivity index (χ2v) is 5.94. The van der Waals surface area contributed by atoms with Crippen molar-refractivity contribution in [1.82, 2.24) is 4.90 Å². The van der Waals surface area contributed by atoms with Crippen molar-refractivity contribution in [1.29, 1.82) is 0 Å². The number of rotatable bonds is 7. The van der Waals surface area contributed by atoms with Gasteiger partial charge in [-0.15, -0.1) is 0 Å². The minimum Gasteiger partial charge on any atom is -0.396 e. The number of aliphatic hydroxyl groups is 1. The van der Waals surface area contributed by atoms with Crippen molar-refractivity contribution in [3.8, 4) is 0 Å². The minimum absolute atomic E-state index is 0.103. The molecule has 0 bridgehead atoms. The highest BCUT2D eigenvalue weighted by atomic mass is 32.2. The molecule has 0 aliphatic rings. The number of aliphatic hydroxyl groups excluding tert-OH is 1. The van der Waals surface area contributed by atoms with Gasteiger partial charge in [0, 0.05) is 26.1 Å².